The van der Waals surface area contributed by atoms with Crippen LogP contribution in [0.15, 0.2) is 60.8 Å². The van der Waals surface area contributed by atoms with Gasteiger partial charge in [0.25, 0.3) is 5.91 Å². The van der Waals surface area contributed by atoms with Crippen molar-refractivity contribution in [3.63, 3.8) is 0 Å². The van der Waals surface area contributed by atoms with E-state index in [9.17, 15) is 14.4 Å². The van der Waals surface area contributed by atoms with Crippen LogP contribution in [-0.4, -0.2) is 51.7 Å². The summed E-state index contributed by atoms with van der Waals surface area (Å²) in [6.07, 6.45) is 9.89. The number of amides is 3. The number of pyridine rings is 1. The predicted molar refractivity (Wildman–Crippen MR) is 145 cm³/mol. The van der Waals surface area contributed by atoms with Crippen molar-refractivity contribution in [2.24, 2.45) is 5.92 Å². The number of hydrogen-bond acceptors (Lipinski definition) is 6. The molecule has 1 aliphatic rings. The topological polar surface area (TPSA) is 127 Å². The highest BCUT2D eigenvalue weighted by atomic mass is 16.5. The van der Waals surface area contributed by atoms with Gasteiger partial charge < -0.3 is 20.7 Å². The van der Waals surface area contributed by atoms with Gasteiger partial charge in [-0.05, 0) is 45.4 Å². The fourth-order valence-electron chi connectivity index (χ4n) is 3.99. The first-order chi connectivity index (χ1) is 18.3. The second kappa shape index (κ2) is 12.2. The van der Waals surface area contributed by atoms with Gasteiger partial charge in [0.15, 0.2) is 0 Å². The van der Waals surface area contributed by atoms with Gasteiger partial charge in [-0.3, -0.25) is 19.1 Å². The van der Waals surface area contributed by atoms with Crippen molar-refractivity contribution in [3.05, 3.63) is 72.2 Å². The van der Waals surface area contributed by atoms with Crippen molar-refractivity contribution >= 4 is 34.3 Å². The van der Waals surface area contributed by atoms with E-state index in [1.807, 2.05) is 51.1 Å². The van der Waals surface area contributed by atoms with Gasteiger partial charge in [-0.2, -0.15) is 5.10 Å². The number of aromatic nitrogens is 3. The van der Waals surface area contributed by atoms with Crippen LogP contribution in [0.2, 0.25) is 0 Å². The van der Waals surface area contributed by atoms with Crippen molar-refractivity contribution in [2.45, 2.75) is 39.8 Å². The van der Waals surface area contributed by atoms with Crippen molar-refractivity contribution in [1.82, 2.24) is 25.4 Å². The highest BCUT2D eigenvalue weighted by Gasteiger charge is 2.17. The van der Waals surface area contributed by atoms with E-state index in [0.29, 0.717) is 42.2 Å². The summed E-state index contributed by atoms with van der Waals surface area (Å²) in [4.78, 5) is 41.7. The molecule has 38 heavy (non-hydrogen) atoms. The van der Waals surface area contributed by atoms with E-state index >= 15 is 0 Å². The van der Waals surface area contributed by atoms with E-state index in [-0.39, 0.29) is 36.3 Å². The van der Waals surface area contributed by atoms with Crippen molar-refractivity contribution in [3.8, 4) is 5.75 Å². The van der Waals surface area contributed by atoms with Gasteiger partial charge in [-0.15, -0.1) is 0 Å². The summed E-state index contributed by atoms with van der Waals surface area (Å²) in [5.74, 6) is -0.331. The molecule has 3 amide bonds. The summed E-state index contributed by atoms with van der Waals surface area (Å²) in [5.41, 5.74) is 2.16. The van der Waals surface area contributed by atoms with Crippen LogP contribution in [0, 0.1) is 12.8 Å². The number of allylic oxidation sites excluding steroid dienone is 3. The van der Waals surface area contributed by atoms with Crippen LogP contribution in [0.4, 0.5) is 5.69 Å². The van der Waals surface area contributed by atoms with E-state index in [1.165, 1.54) is 4.68 Å². The monoisotopic (exact) mass is 516 g/mol. The summed E-state index contributed by atoms with van der Waals surface area (Å²) in [6.45, 7) is 6.28. The average molecular weight is 517 g/mol. The van der Waals surface area contributed by atoms with Crippen molar-refractivity contribution in [1.29, 1.82) is 0 Å². The normalized spacial score (nSPS) is 14.5. The molecule has 10 nitrogen and oxygen atoms in total. The summed E-state index contributed by atoms with van der Waals surface area (Å²) in [6, 6.07) is 8.76. The highest BCUT2D eigenvalue weighted by molar-refractivity contribution is 6.05. The largest absolute Gasteiger partial charge is 0.489 e. The van der Waals surface area contributed by atoms with E-state index in [1.54, 1.807) is 30.5 Å². The Hall–Kier alpha value is -4.47. The Balaban J connectivity index is 1.38. The molecule has 1 aromatic carbocycles. The predicted octanol–water partition coefficient (Wildman–Crippen LogP) is 3.14. The number of aryl methyl sites for hydroxylation is 1. The summed E-state index contributed by atoms with van der Waals surface area (Å²) < 4.78 is 7.46. The Labute approximate surface area is 221 Å². The molecular formula is C28H32N6O4. The number of carbonyl (C=O) groups excluding carboxylic acids is 3. The molecule has 2 aromatic heterocycles. The van der Waals surface area contributed by atoms with Crippen LogP contribution in [0.3, 0.4) is 0 Å². The van der Waals surface area contributed by atoms with Gasteiger partial charge in [-0.25, -0.2) is 4.98 Å². The Morgan fingerprint density at radius 2 is 1.95 bits per heavy atom. The number of rotatable bonds is 10. The minimum Gasteiger partial charge on any atom is -0.489 e. The molecule has 3 aromatic rings. The molecular weight excluding hydrogens is 484 g/mol. The lowest BCUT2D eigenvalue weighted by Crippen LogP contribution is -2.38. The molecule has 0 fully saturated rings. The fraction of sp³-hybridized carbons (Fsp3) is 0.321. The van der Waals surface area contributed by atoms with Crippen molar-refractivity contribution < 1.29 is 19.1 Å². The van der Waals surface area contributed by atoms with Crippen LogP contribution in [0.1, 0.15) is 36.5 Å². The summed E-state index contributed by atoms with van der Waals surface area (Å²) in [7, 11) is 0. The second-order valence-electron chi connectivity index (χ2n) is 9.32. The van der Waals surface area contributed by atoms with E-state index < -0.39 is 0 Å². The third-order valence-electron chi connectivity index (χ3n) is 5.75. The average Bonchev–Trinajstić information content (AvgIpc) is 3.27. The number of carbonyl (C=O) groups is 3. The number of hydrogen-bond donors (Lipinski definition) is 3. The fourth-order valence-corrected chi connectivity index (χ4v) is 3.99. The molecule has 4 rings (SSSR count). The molecule has 0 saturated heterocycles. The van der Waals surface area contributed by atoms with E-state index in [0.717, 1.165) is 11.1 Å². The molecule has 0 bridgehead atoms. The first-order valence-corrected chi connectivity index (χ1v) is 12.6. The number of ether oxygens (including phenoxy) is 1. The first kappa shape index (κ1) is 26.6. The minimum atomic E-state index is -0.350. The first-order valence-electron chi connectivity index (χ1n) is 12.6. The van der Waals surface area contributed by atoms with Crippen LogP contribution in [0.25, 0.3) is 10.9 Å². The number of nitrogens with one attached hydrogen (secondary N) is 3. The second-order valence-corrected chi connectivity index (χ2v) is 9.32. The Morgan fingerprint density at radius 3 is 2.68 bits per heavy atom. The lowest BCUT2D eigenvalue weighted by molar-refractivity contribution is -0.124. The molecule has 2 heterocycles. The van der Waals surface area contributed by atoms with Gasteiger partial charge in [-0.1, -0.05) is 30.4 Å². The maximum Gasteiger partial charge on any atom is 0.274 e. The maximum absolute atomic E-state index is 12.8. The Bertz CT molecular complexity index is 1390. The smallest absolute Gasteiger partial charge is 0.274 e. The lowest BCUT2D eigenvalue weighted by atomic mass is 10.0. The molecule has 0 spiro atoms. The molecule has 1 atom stereocenters. The third-order valence-corrected chi connectivity index (χ3v) is 5.75. The number of fused-ring (bicyclic) bond motifs is 1. The number of benzene rings is 1. The molecule has 0 aliphatic heterocycles. The van der Waals surface area contributed by atoms with E-state index in [4.69, 9.17) is 4.74 Å². The molecule has 0 radical (unpaired) electrons. The Kier molecular flexibility index (Phi) is 8.52. The zero-order valence-corrected chi connectivity index (χ0v) is 21.7. The SMILES string of the molecule is Cc1cccc(C(=O)Nc2cc3cn(CC(=O)NCCNC(=O)C4C=CC=CC4)nc3cc2OC(C)C)n1. The molecule has 1 unspecified atom stereocenters. The van der Waals surface area contributed by atoms with Crippen molar-refractivity contribution in [2.75, 3.05) is 18.4 Å². The van der Waals surface area contributed by atoms with Gasteiger partial charge >= 0.3 is 0 Å². The Morgan fingerprint density at radius 1 is 1.13 bits per heavy atom. The molecule has 10 heteroatoms. The van der Waals surface area contributed by atoms with Crippen LogP contribution >= 0.6 is 0 Å². The van der Waals surface area contributed by atoms with Crippen LogP contribution in [-0.2, 0) is 16.1 Å². The maximum atomic E-state index is 12.8. The number of anilines is 1. The molecule has 3 N–H and O–H groups in total. The number of nitrogens with zero attached hydrogens (tertiary/aromatic N) is 3. The van der Waals surface area contributed by atoms with Crippen LogP contribution < -0.4 is 20.7 Å². The van der Waals surface area contributed by atoms with Gasteiger partial charge in [0, 0.05) is 36.4 Å². The molecule has 1 aliphatic carbocycles. The highest BCUT2D eigenvalue weighted by Crippen LogP contribution is 2.31. The molecule has 198 valence electrons. The quantitative estimate of drug-likeness (QED) is 0.355. The van der Waals surface area contributed by atoms with Crippen LogP contribution in [0.5, 0.6) is 5.75 Å². The summed E-state index contributed by atoms with van der Waals surface area (Å²) >= 11 is 0. The minimum absolute atomic E-state index is 0.00800. The molecule has 0 saturated carbocycles. The van der Waals surface area contributed by atoms with E-state index in [2.05, 4.69) is 26.0 Å². The standard InChI is InChI=1S/C28H32N6O4/c1-18(2)38-25-15-23-21(14-24(25)32-28(37)22-11-7-8-19(3)31-22)16-34(33-23)17-26(35)29-12-13-30-27(36)20-9-5-4-6-10-20/h4-9,11,14-16,18,20H,10,12-13,17H2,1-3H3,(H,29,35)(H,30,36)(H,32,37). The third kappa shape index (κ3) is 7.06. The summed E-state index contributed by atoms with van der Waals surface area (Å²) in [5, 5.41) is 13.8. The lowest BCUT2D eigenvalue weighted by Gasteiger charge is -2.15. The van der Waals surface area contributed by atoms with Gasteiger partial charge in [0.2, 0.25) is 11.8 Å². The zero-order chi connectivity index (χ0) is 27.1. The zero-order valence-electron chi connectivity index (χ0n) is 21.7. The van der Waals surface area contributed by atoms with Gasteiger partial charge in [0.1, 0.15) is 18.0 Å². The van der Waals surface area contributed by atoms with Gasteiger partial charge in [0.05, 0.1) is 23.2 Å².